The lowest BCUT2D eigenvalue weighted by Gasteiger charge is -2.10. The van der Waals surface area contributed by atoms with Crippen LogP contribution < -0.4 is 10.6 Å². The van der Waals surface area contributed by atoms with E-state index in [4.69, 9.17) is 0 Å². The van der Waals surface area contributed by atoms with Crippen LogP contribution in [-0.4, -0.2) is 32.2 Å². The van der Waals surface area contributed by atoms with Crippen LogP contribution in [-0.2, 0) is 4.74 Å². The van der Waals surface area contributed by atoms with Crippen LogP contribution in [0.3, 0.4) is 0 Å². The van der Waals surface area contributed by atoms with Crippen LogP contribution in [0.4, 0.5) is 14.5 Å². The highest BCUT2D eigenvalue weighted by Gasteiger charge is 2.20. The Morgan fingerprint density at radius 3 is 2.68 bits per heavy atom. The Balaban J connectivity index is 1.96. The van der Waals surface area contributed by atoms with Gasteiger partial charge in [0, 0.05) is 19.1 Å². The molecule has 6 heteroatoms. The summed E-state index contributed by atoms with van der Waals surface area (Å²) in [5.41, 5.74) is -0.357. The van der Waals surface area contributed by atoms with E-state index in [1.165, 1.54) is 25.0 Å². The molecule has 1 aliphatic rings. The van der Waals surface area contributed by atoms with Crippen molar-refractivity contribution in [2.24, 2.45) is 0 Å². The molecule has 0 atom stereocenters. The zero-order valence-corrected chi connectivity index (χ0v) is 10.6. The summed E-state index contributed by atoms with van der Waals surface area (Å²) in [6.07, 6.45) is 2.35. The molecule has 0 heterocycles. The molecule has 0 aromatic heterocycles. The largest absolute Gasteiger partial charge is 0.465 e. The van der Waals surface area contributed by atoms with Gasteiger partial charge in [-0.2, -0.15) is 0 Å². The second-order valence-electron chi connectivity index (χ2n) is 4.44. The minimum Gasteiger partial charge on any atom is -0.465 e. The molecular weight excluding hydrogens is 254 g/mol. The van der Waals surface area contributed by atoms with Gasteiger partial charge in [0.15, 0.2) is 11.6 Å². The molecule has 0 amide bonds. The fraction of sp³-hybridized carbons (Fsp3) is 0.462. The monoisotopic (exact) mass is 270 g/mol. The molecule has 0 aliphatic heterocycles. The minimum absolute atomic E-state index is 0.0442. The Kier molecular flexibility index (Phi) is 4.31. The molecule has 1 fully saturated rings. The molecular formula is C13H16F2N2O2. The van der Waals surface area contributed by atoms with Gasteiger partial charge < -0.3 is 15.4 Å². The second-order valence-corrected chi connectivity index (χ2v) is 4.44. The lowest BCUT2D eigenvalue weighted by Crippen LogP contribution is -2.24. The maximum atomic E-state index is 13.7. The smallest absolute Gasteiger partial charge is 0.340 e. The number of carbonyl (C=O) groups is 1. The number of nitrogens with one attached hydrogen (secondary N) is 2. The number of hydrogen-bond donors (Lipinski definition) is 2. The molecule has 1 aromatic rings. The number of hydrogen-bond acceptors (Lipinski definition) is 4. The molecule has 1 aliphatic carbocycles. The quantitative estimate of drug-likeness (QED) is 0.612. The predicted octanol–water partition coefficient (Wildman–Crippen LogP) is 1.92. The van der Waals surface area contributed by atoms with Crippen molar-refractivity contribution < 1.29 is 18.3 Å². The van der Waals surface area contributed by atoms with Crippen molar-refractivity contribution in [3.05, 3.63) is 29.3 Å². The van der Waals surface area contributed by atoms with E-state index in [-0.39, 0.29) is 5.69 Å². The molecule has 0 unspecified atom stereocenters. The molecule has 1 aromatic carbocycles. The van der Waals surface area contributed by atoms with E-state index in [0.717, 1.165) is 7.11 Å². The Hall–Kier alpha value is -1.69. The van der Waals surface area contributed by atoms with Gasteiger partial charge >= 0.3 is 5.97 Å². The lowest BCUT2D eigenvalue weighted by atomic mass is 10.2. The van der Waals surface area contributed by atoms with E-state index >= 15 is 0 Å². The van der Waals surface area contributed by atoms with Crippen LogP contribution in [0.25, 0.3) is 0 Å². The Morgan fingerprint density at radius 1 is 1.32 bits per heavy atom. The maximum Gasteiger partial charge on any atom is 0.340 e. The van der Waals surface area contributed by atoms with Gasteiger partial charge in [0.1, 0.15) is 0 Å². The average Bonchev–Trinajstić information content (AvgIpc) is 3.22. The highest BCUT2D eigenvalue weighted by Crippen LogP contribution is 2.21. The van der Waals surface area contributed by atoms with Gasteiger partial charge in [-0.3, -0.25) is 0 Å². The fourth-order valence-electron chi connectivity index (χ4n) is 1.71. The number of benzene rings is 1. The average molecular weight is 270 g/mol. The third kappa shape index (κ3) is 3.41. The molecule has 2 N–H and O–H groups in total. The Morgan fingerprint density at radius 2 is 2.05 bits per heavy atom. The van der Waals surface area contributed by atoms with Gasteiger partial charge in [0.2, 0.25) is 0 Å². The third-order valence-electron chi connectivity index (χ3n) is 2.94. The molecule has 2 rings (SSSR count). The molecule has 4 nitrogen and oxygen atoms in total. The van der Waals surface area contributed by atoms with Gasteiger partial charge in [-0.25, -0.2) is 13.6 Å². The van der Waals surface area contributed by atoms with Gasteiger partial charge in [-0.1, -0.05) is 0 Å². The number of esters is 1. The third-order valence-corrected chi connectivity index (χ3v) is 2.94. The van der Waals surface area contributed by atoms with E-state index in [0.29, 0.717) is 19.1 Å². The van der Waals surface area contributed by atoms with Crippen molar-refractivity contribution in [2.75, 3.05) is 25.5 Å². The van der Waals surface area contributed by atoms with Crippen molar-refractivity contribution in [1.82, 2.24) is 5.32 Å². The molecule has 0 saturated heterocycles. The summed E-state index contributed by atoms with van der Waals surface area (Å²) < 4.78 is 31.7. The van der Waals surface area contributed by atoms with Crippen LogP contribution in [0.5, 0.6) is 0 Å². The zero-order valence-electron chi connectivity index (χ0n) is 10.6. The minimum atomic E-state index is -1.19. The first kappa shape index (κ1) is 13.7. The highest BCUT2D eigenvalue weighted by atomic mass is 19.2. The number of rotatable bonds is 6. The van der Waals surface area contributed by atoms with Gasteiger partial charge in [-0.15, -0.1) is 0 Å². The maximum absolute atomic E-state index is 13.7. The standard InChI is InChI=1S/C13H16F2N2O2/c1-19-13(18)9-4-5-10(12(15)11(9)14)17-7-6-16-8-2-3-8/h4-5,8,16-17H,2-3,6-7H2,1H3. The van der Waals surface area contributed by atoms with Gasteiger partial charge in [0.25, 0.3) is 0 Å². The summed E-state index contributed by atoms with van der Waals surface area (Å²) in [5.74, 6) is -3.14. The SMILES string of the molecule is COC(=O)c1ccc(NCCNC2CC2)c(F)c1F. The summed E-state index contributed by atoms with van der Waals surface area (Å²) in [4.78, 5) is 11.2. The van der Waals surface area contributed by atoms with Crippen molar-refractivity contribution in [2.45, 2.75) is 18.9 Å². The summed E-state index contributed by atoms with van der Waals surface area (Å²) in [6.45, 7) is 1.18. The first-order valence-corrected chi connectivity index (χ1v) is 6.17. The topological polar surface area (TPSA) is 50.4 Å². The number of halogens is 2. The summed E-state index contributed by atoms with van der Waals surface area (Å²) in [5, 5.41) is 6.04. The van der Waals surface area contributed by atoms with Crippen molar-refractivity contribution in [1.29, 1.82) is 0 Å². The fourth-order valence-corrected chi connectivity index (χ4v) is 1.71. The summed E-state index contributed by atoms with van der Waals surface area (Å²) in [6, 6.07) is 3.12. The van der Waals surface area contributed by atoms with E-state index in [2.05, 4.69) is 15.4 Å². The predicted molar refractivity (Wildman–Crippen MR) is 67.2 cm³/mol. The van der Waals surface area contributed by atoms with E-state index in [1.54, 1.807) is 0 Å². The second kappa shape index (κ2) is 5.97. The molecule has 0 radical (unpaired) electrons. The van der Waals surface area contributed by atoms with Crippen LogP contribution in [0, 0.1) is 11.6 Å². The van der Waals surface area contributed by atoms with Crippen molar-refractivity contribution in [3.8, 4) is 0 Å². The normalized spacial score (nSPS) is 14.3. The number of ether oxygens (including phenoxy) is 1. The van der Waals surface area contributed by atoms with E-state index in [1.807, 2.05) is 0 Å². The summed E-state index contributed by atoms with van der Waals surface area (Å²) in [7, 11) is 1.12. The first-order chi connectivity index (χ1) is 9.13. The van der Waals surface area contributed by atoms with Crippen LogP contribution in [0.15, 0.2) is 12.1 Å². The Bertz CT molecular complexity index is 476. The van der Waals surface area contributed by atoms with E-state index < -0.39 is 23.2 Å². The molecule has 19 heavy (non-hydrogen) atoms. The van der Waals surface area contributed by atoms with Crippen molar-refractivity contribution in [3.63, 3.8) is 0 Å². The molecule has 0 bridgehead atoms. The Labute approximate surface area is 110 Å². The van der Waals surface area contributed by atoms with Gasteiger partial charge in [-0.05, 0) is 25.0 Å². The molecule has 104 valence electrons. The highest BCUT2D eigenvalue weighted by molar-refractivity contribution is 5.90. The zero-order chi connectivity index (χ0) is 13.8. The number of anilines is 1. The van der Waals surface area contributed by atoms with Crippen LogP contribution in [0.2, 0.25) is 0 Å². The molecule has 0 spiro atoms. The van der Waals surface area contributed by atoms with Crippen molar-refractivity contribution >= 4 is 11.7 Å². The summed E-state index contributed by atoms with van der Waals surface area (Å²) >= 11 is 0. The lowest BCUT2D eigenvalue weighted by molar-refractivity contribution is 0.0594. The number of methoxy groups -OCH3 is 1. The molecule has 1 saturated carbocycles. The van der Waals surface area contributed by atoms with E-state index in [9.17, 15) is 13.6 Å². The van der Waals surface area contributed by atoms with Crippen LogP contribution in [0.1, 0.15) is 23.2 Å². The number of carbonyl (C=O) groups excluding carboxylic acids is 1. The van der Waals surface area contributed by atoms with Crippen LogP contribution >= 0.6 is 0 Å². The van der Waals surface area contributed by atoms with Gasteiger partial charge in [0.05, 0.1) is 18.4 Å². The first-order valence-electron chi connectivity index (χ1n) is 6.17.